The second-order valence-corrected chi connectivity index (χ2v) is 7.59. The van der Waals surface area contributed by atoms with Gasteiger partial charge in [0, 0.05) is 24.9 Å². The second-order valence-electron chi connectivity index (χ2n) is 7.59. The normalized spacial score (nSPS) is 17.4. The maximum atomic E-state index is 5.27. The van der Waals surface area contributed by atoms with E-state index in [-0.39, 0.29) is 0 Å². The van der Waals surface area contributed by atoms with Gasteiger partial charge in [0.2, 0.25) is 0 Å². The fraction of sp³-hybridized carbons (Fsp3) is 0.409. The molecule has 1 fully saturated rings. The lowest BCUT2D eigenvalue weighted by molar-refractivity contribution is 0.244. The molecule has 0 radical (unpaired) electrons. The molecule has 6 heteroatoms. The average molecular weight is 377 g/mol. The number of methoxy groups -OCH3 is 1. The summed E-state index contributed by atoms with van der Waals surface area (Å²) in [7, 11) is 1.70. The van der Waals surface area contributed by atoms with Crippen molar-refractivity contribution >= 4 is 0 Å². The largest absolute Gasteiger partial charge is 0.497 e. The molecule has 3 heterocycles. The van der Waals surface area contributed by atoms with Crippen molar-refractivity contribution in [3.63, 3.8) is 0 Å². The van der Waals surface area contributed by atoms with E-state index in [0.29, 0.717) is 12.0 Å². The molecule has 146 valence electrons. The SMILES string of the molecule is COc1ccc(CN2CCC[C@@H]2c2cncc(-n3ccnc3C(C)C)n2)cc1. The van der Waals surface area contributed by atoms with Crippen molar-refractivity contribution in [2.45, 2.75) is 45.2 Å². The first-order valence-corrected chi connectivity index (χ1v) is 9.88. The van der Waals surface area contributed by atoms with Crippen molar-refractivity contribution in [3.8, 4) is 11.6 Å². The number of hydrogen-bond acceptors (Lipinski definition) is 5. The summed E-state index contributed by atoms with van der Waals surface area (Å²) in [6.07, 6.45) is 9.80. The van der Waals surface area contributed by atoms with Crippen LogP contribution in [0.15, 0.2) is 49.1 Å². The van der Waals surface area contributed by atoms with Gasteiger partial charge in [-0.2, -0.15) is 0 Å². The molecule has 28 heavy (non-hydrogen) atoms. The van der Waals surface area contributed by atoms with Crippen LogP contribution in [0.4, 0.5) is 0 Å². The van der Waals surface area contributed by atoms with Crippen LogP contribution >= 0.6 is 0 Å². The Kier molecular flexibility index (Phi) is 5.39. The number of benzene rings is 1. The highest BCUT2D eigenvalue weighted by Gasteiger charge is 2.28. The van der Waals surface area contributed by atoms with E-state index in [1.807, 2.05) is 41.5 Å². The first-order valence-electron chi connectivity index (χ1n) is 9.88. The lowest BCUT2D eigenvalue weighted by atomic mass is 10.1. The van der Waals surface area contributed by atoms with Crippen LogP contribution in [0.3, 0.4) is 0 Å². The first-order chi connectivity index (χ1) is 13.7. The molecule has 0 bridgehead atoms. The zero-order valence-corrected chi connectivity index (χ0v) is 16.7. The highest BCUT2D eigenvalue weighted by Crippen LogP contribution is 2.32. The molecule has 1 aliphatic rings. The van der Waals surface area contributed by atoms with Gasteiger partial charge in [0.15, 0.2) is 5.82 Å². The molecule has 0 aliphatic carbocycles. The Morgan fingerprint density at radius 2 is 2.00 bits per heavy atom. The Bertz CT molecular complexity index is 919. The molecule has 3 aromatic rings. The Morgan fingerprint density at radius 3 is 2.75 bits per heavy atom. The molecule has 4 rings (SSSR count). The molecule has 1 saturated heterocycles. The van der Waals surface area contributed by atoms with Gasteiger partial charge in [0.1, 0.15) is 11.6 Å². The predicted molar refractivity (Wildman–Crippen MR) is 109 cm³/mol. The summed E-state index contributed by atoms with van der Waals surface area (Å²) in [6, 6.07) is 8.61. The van der Waals surface area contributed by atoms with Gasteiger partial charge in [-0.1, -0.05) is 26.0 Å². The van der Waals surface area contributed by atoms with Crippen LogP contribution in [0.25, 0.3) is 5.82 Å². The maximum absolute atomic E-state index is 5.27. The molecule has 2 aromatic heterocycles. The molecule has 0 amide bonds. The van der Waals surface area contributed by atoms with E-state index in [0.717, 1.165) is 42.6 Å². The molecule has 0 unspecified atom stereocenters. The standard InChI is InChI=1S/C22H27N5O/c1-16(2)22-24-10-12-27(22)21-14-23-13-19(25-21)20-5-4-11-26(20)15-17-6-8-18(28-3)9-7-17/h6-10,12-14,16,20H,4-5,11,15H2,1-3H3/t20-/m1/s1. The minimum atomic E-state index is 0.292. The topological polar surface area (TPSA) is 56.1 Å². The zero-order chi connectivity index (χ0) is 19.5. The van der Waals surface area contributed by atoms with Crippen molar-refractivity contribution in [2.75, 3.05) is 13.7 Å². The average Bonchev–Trinajstić information content (AvgIpc) is 3.38. The van der Waals surface area contributed by atoms with Crippen molar-refractivity contribution in [1.29, 1.82) is 0 Å². The highest BCUT2D eigenvalue weighted by atomic mass is 16.5. The van der Waals surface area contributed by atoms with Crippen molar-refractivity contribution in [3.05, 3.63) is 66.1 Å². The van der Waals surface area contributed by atoms with Gasteiger partial charge in [-0.15, -0.1) is 0 Å². The third-order valence-corrected chi connectivity index (χ3v) is 5.32. The van der Waals surface area contributed by atoms with E-state index in [4.69, 9.17) is 9.72 Å². The van der Waals surface area contributed by atoms with Crippen LogP contribution in [0.5, 0.6) is 5.75 Å². The van der Waals surface area contributed by atoms with Gasteiger partial charge >= 0.3 is 0 Å². The second kappa shape index (κ2) is 8.10. The summed E-state index contributed by atoms with van der Waals surface area (Å²) in [5.41, 5.74) is 2.32. The van der Waals surface area contributed by atoms with Crippen LogP contribution < -0.4 is 4.74 Å². The minimum Gasteiger partial charge on any atom is -0.497 e. The number of aromatic nitrogens is 4. The van der Waals surface area contributed by atoms with Crippen molar-refractivity contribution in [1.82, 2.24) is 24.4 Å². The fourth-order valence-electron chi connectivity index (χ4n) is 3.90. The highest BCUT2D eigenvalue weighted by molar-refractivity contribution is 5.28. The maximum Gasteiger partial charge on any atom is 0.156 e. The van der Waals surface area contributed by atoms with Gasteiger partial charge in [-0.25, -0.2) is 9.97 Å². The monoisotopic (exact) mass is 377 g/mol. The summed E-state index contributed by atoms with van der Waals surface area (Å²) < 4.78 is 7.31. The van der Waals surface area contributed by atoms with Gasteiger partial charge in [0.05, 0.1) is 31.2 Å². The van der Waals surface area contributed by atoms with Crippen LogP contribution in [0, 0.1) is 0 Å². The van der Waals surface area contributed by atoms with Gasteiger partial charge in [0.25, 0.3) is 0 Å². The number of rotatable bonds is 6. The number of imidazole rings is 1. The minimum absolute atomic E-state index is 0.292. The van der Waals surface area contributed by atoms with Gasteiger partial charge < -0.3 is 4.74 Å². The third kappa shape index (κ3) is 3.78. The lowest BCUT2D eigenvalue weighted by Crippen LogP contribution is -2.24. The zero-order valence-electron chi connectivity index (χ0n) is 16.7. The number of hydrogen-bond donors (Lipinski definition) is 0. The quantitative estimate of drug-likeness (QED) is 0.646. The Balaban J connectivity index is 1.56. The van der Waals surface area contributed by atoms with Crippen LogP contribution in [0.1, 0.15) is 55.7 Å². The van der Waals surface area contributed by atoms with E-state index >= 15 is 0 Å². The summed E-state index contributed by atoms with van der Waals surface area (Å²) in [5, 5.41) is 0. The third-order valence-electron chi connectivity index (χ3n) is 5.32. The molecule has 0 spiro atoms. The van der Waals surface area contributed by atoms with E-state index < -0.39 is 0 Å². The number of likely N-dealkylation sites (tertiary alicyclic amines) is 1. The molecule has 1 atom stereocenters. The Morgan fingerprint density at radius 1 is 1.18 bits per heavy atom. The van der Waals surface area contributed by atoms with E-state index in [9.17, 15) is 0 Å². The molecular weight excluding hydrogens is 350 g/mol. The Hall–Kier alpha value is -2.73. The molecule has 6 nitrogen and oxygen atoms in total. The van der Waals surface area contributed by atoms with Gasteiger partial charge in [-0.05, 0) is 37.1 Å². The van der Waals surface area contributed by atoms with E-state index in [1.54, 1.807) is 7.11 Å². The van der Waals surface area contributed by atoms with Crippen molar-refractivity contribution < 1.29 is 4.74 Å². The summed E-state index contributed by atoms with van der Waals surface area (Å²) in [4.78, 5) is 16.4. The summed E-state index contributed by atoms with van der Waals surface area (Å²) in [5.74, 6) is 3.07. The molecule has 0 saturated carbocycles. The molecule has 1 aliphatic heterocycles. The van der Waals surface area contributed by atoms with E-state index in [1.165, 1.54) is 12.0 Å². The predicted octanol–water partition coefficient (Wildman–Crippen LogP) is 4.13. The van der Waals surface area contributed by atoms with Gasteiger partial charge in [-0.3, -0.25) is 14.5 Å². The Labute approximate surface area is 166 Å². The first kappa shape index (κ1) is 18.6. The number of nitrogens with zero attached hydrogens (tertiary/aromatic N) is 5. The van der Waals surface area contributed by atoms with Crippen LogP contribution in [-0.2, 0) is 6.54 Å². The smallest absolute Gasteiger partial charge is 0.156 e. The van der Waals surface area contributed by atoms with E-state index in [2.05, 4.69) is 40.8 Å². The number of ether oxygens (including phenoxy) is 1. The molecule has 1 aromatic carbocycles. The van der Waals surface area contributed by atoms with Crippen LogP contribution in [-0.4, -0.2) is 38.1 Å². The summed E-state index contributed by atoms with van der Waals surface area (Å²) in [6.45, 7) is 6.27. The van der Waals surface area contributed by atoms with Crippen LogP contribution in [0.2, 0.25) is 0 Å². The molecule has 0 N–H and O–H groups in total. The molecular formula is C22H27N5O. The van der Waals surface area contributed by atoms with Crippen molar-refractivity contribution in [2.24, 2.45) is 0 Å². The summed E-state index contributed by atoms with van der Waals surface area (Å²) >= 11 is 0. The lowest BCUT2D eigenvalue weighted by Gasteiger charge is -2.24. The fourth-order valence-corrected chi connectivity index (χ4v) is 3.90.